The second kappa shape index (κ2) is 3.38. The molecule has 0 bridgehead atoms. The summed E-state index contributed by atoms with van der Waals surface area (Å²) in [6, 6.07) is 8.88. The van der Waals surface area contributed by atoms with Crippen LogP contribution in [0.15, 0.2) is 24.3 Å². The average molecular weight is 192 g/mol. The number of fused-ring (bicyclic) bond motifs is 1. The van der Waals surface area contributed by atoms with Crippen molar-refractivity contribution in [2.75, 3.05) is 5.75 Å². The Morgan fingerprint density at radius 3 is 2.85 bits per heavy atom. The molecule has 1 aromatic rings. The maximum atomic E-state index is 2.34. The maximum Gasteiger partial charge on any atom is 0.0354 e. The van der Waals surface area contributed by atoms with Crippen molar-refractivity contribution in [2.24, 2.45) is 0 Å². The van der Waals surface area contributed by atoms with Gasteiger partial charge in [0.15, 0.2) is 0 Å². The van der Waals surface area contributed by atoms with Crippen LogP contribution in [0.1, 0.15) is 31.4 Å². The highest BCUT2D eigenvalue weighted by molar-refractivity contribution is 8.00. The lowest BCUT2D eigenvalue weighted by atomic mass is 9.94. The Kier molecular flexibility index (Phi) is 2.37. The summed E-state index contributed by atoms with van der Waals surface area (Å²) in [5.74, 6) is 1.29. The summed E-state index contributed by atoms with van der Waals surface area (Å²) in [7, 11) is 0. The van der Waals surface area contributed by atoms with Gasteiger partial charge in [-0.3, -0.25) is 0 Å². The molecule has 0 spiro atoms. The quantitative estimate of drug-likeness (QED) is 0.605. The molecule has 0 aromatic heterocycles. The molecule has 0 amide bonds. The number of thioether (sulfide) groups is 1. The molecule has 1 aromatic carbocycles. The molecule has 70 valence electrons. The van der Waals surface area contributed by atoms with E-state index in [1.165, 1.54) is 24.2 Å². The SMILES string of the molecule is CC1(C)SCCCc2ccccc21. The molecule has 0 N–H and O–H groups in total. The fourth-order valence-corrected chi connectivity index (χ4v) is 3.15. The van der Waals surface area contributed by atoms with Crippen LogP contribution < -0.4 is 0 Å². The number of hydrogen-bond donors (Lipinski definition) is 0. The first-order chi connectivity index (χ1) is 6.20. The largest absolute Gasteiger partial charge is 0.151 e. The van der Waals surface area contributed by atoms with Crippen LogP contribution in [0, 0.1) is 0 Å². The predicted molar refractivity (Wildman–Crippen MR) is 60.2 cm³/mol. The van der Waals surface area contributed by atoms with Crippen LogP contribution in [0.25, 0.3) is 0 Å². The average Bonchev–Trinajstić information content (AvgIpc) is 2.26. The summed E-state index contributed by atoms with van der Waals surface area (Å²) in [4.78, 5) is 0. The van der Waals surface area contributed by atoms with E-state index >= 15 is 0 Å². The van der Waals surface area contributed by atoms with E-state index < -0.39 is 0 Å². The zero-order valence-corrected chi connectivity index (χ0v) is 9.16. The maximum absolute atomic E-state index is 2.34. The van der Waals surface area contributed by atoms with Crippen LogP contribution in [-0.2, 0) is 11.2 Å². The Labute approximate surface area is 84.7 Å². The van der Waals surface area contributed by atoms with Gasteiger partial charge in [0.25, 0.3) is 0 Å². The summed E-state index contributed by atoms with van der Waals surface area (Å²) >= 11 is 2.08. The lowest BCUT2D eigenvalue weighted by Crippen LogP contribution is -2.12. The number of hydrogen-bond acceptors (Lipinski definition) is 1. The van der Waals surface area contributed by atoms with Crippen LogP contribution in [0.2, 0.25) is 0 Å². The third-order valence-corrected chi connectivity index (χ3v) is 4.15. The monoisotopic (exact) mass is 192 g/mol. The van der Waals surface area contributed by atoms with Crippen LogP contribution >= 0.6 is 11.8 Å². The topological polar surface area (TPSA) is 0 Å². The first-order valence-corrected chi connectivity index (χ1v) is 5.91. The molecule has 0 saturated carbocycles. The van der Waals surface area contributed by atoms with Crippen molar-refractivity contribution < 1.29 is 0 Å². The van der Waals surface area contributed by atoms with Crippen molar-refractivity contribution in [3.8, 4) is 0 Å². The molecule has 0 aliphatic carbocycles. The van der Waals surface area contributed by atoms with Gasteiger partial charge in [0.2, 0.25) is 0 Å². The first kappa shape index (κ1) is 9.14. The Bertz CT molecular complexity index is 302. The smallest absolute Gasteiger partial charge is 0.0354 e. The zero-order chi connectivity index (χ0) is 9.31. The van der Waals surface area contributed by atoms with Crippen molar-refractivity contribution in [1.29, 1.82) is 0 Å². The molecule has 0 unspecified atom stereocenters. The molecule has 2 rings (SSSR count). The van der Waals surface area contributed by atoms with E-state index in [9.17, 15) is 0 Å². The van der Waals surface area contributed by atoms with Gasteiger partial charge in [-0.2, -0.15) is 11.8 Å². The van der Waals surface area contributed by atoms with Gasteiger partial charge in [-0.15, -0.1) is 0 Å². The number of benzene rings is 1. The van der Waals surface area contributed by atoms with Gasteiger partial charge in [-0.25, -0.2) is 0 Å². The minimum absolute atomic E-state index is 0.313. The molecule has 1 aliphatic heterocycles. The molecule has 0 radical (unpaired) electrons. The minimum Gasteiger partial charge on any atom is -0.151 e. The van der Waals surface area contributed by atoms with Crippen LogP contribution in [0.4, 0.5) is 0 Å². The molecule has 1 aliphatic rings. The predicted octanol–water partition coefficient (Wildman–Crippen LogP) is 3.60. The Morgan fingerprint density at radius 1 is 1.23 bits per heavy atom. The highest BCUT2D eigenvalue weighted by atomic mass is 32.2. The molecule has 1 heterocycles. The molecule has 0 fully saturated rings. The van der Waals surface area contributed by atoms with Gasteiger partial charge >= 0.3 is 0 Å². The van der Waals surface area contributed by atoms with Crippen molar-refractivity contribution in [2.45, 2.75) is 31.4 Å². The lowest BCUT2D eigenvalue weighted by molar-refractivity contribution is 0.775. The standard InChI is InChI=1S/C12H16S/c1-12(2)11-8-4-3-6-10(11)7-5-9-13-12/h3-4,6,8H,5,7,9H2,1-2H3. The molecule has 13 heavy (non-hydrogen) atoms. The van der Waals surface area contributed by atoms with Gasteiger partial charge < -0.3 is 0 Å². The summed E-state index contributed by atoms with van der Waals surface area (Å²) in [6.07, 6.45) is 2.58. The second-order valence-corrected chi connectivity index (χ2v) is 5.84. The fourth-order valence-electron chi connectivity index (χ4n) is 1.99. The van der Waals surface area contributed by atoms with Crippen LogP contribution in [-0.4, -0.2) is 5.75 Å². The van der Waals surface area contributed by atoms with E-state index in [0.29, 0.717) is 4.75 Å². The van der Waals surface area contributed by atoms with Gasteiger partial charge in [0.1, 0.15) is 0 Å². The lowest BCUT2D eigenvalue weighted by Gasteiger charge is -2.24. The third-order valence-electron chi connectivity index (χ3n) is 2.72. The number of rotatable bonds is 0. The Morgan fingerprint density at radius 2 is 2.00 bits per heavy atom. The van der Waals surface area contributed by atoms with Gasteiger partial charge in [0.05, 0.1) is 0 Å². The van der Waals surface area contributed by atoms with E-state index in [-0.39, 0.29) is 0 Å². The molecular formula is C12H16S. The molecular weight excluding hydrogens is 176 g/mol. The van der Waals surface area contributed by atoms with Crippen LogP contribution in [0.5, 0.6) is 0 Å². The summed E-state index contributed by atoms with van der Waals surface area (Å²) in [5, 5.41) is 0. The van der Waals surface area contributed by atoms with E-state index in [4.69, 9.17) is 0 Å². The van der Waals surface area contributed by atoms with Crippen molar-refractivity contribution >= 4 is 11.8 Å². The van der Waals surface area contributed by atoms with Gasteiger partial charge in [-0.05, 0) is 43.6 Å². The summed E-state index contributed by atoms with van der Waals surface area (Å²) in [5.41, 5.74) is 3.09. The fraction of sp³-hybridized carbons (Fsp3) is 0.500. The Hall–Kier alpha value is -0.430. The van der Waals surface area contributed by atoms with E-state index in [2.05, 4.69) is 49.9 Å². The Balaban J connectivity index is 2.48. The zero-order valence-electron chi connectivity index (χ0n) is 8.34. The normalized spacial score (nSPS) is 20.5. The highest BCUT2D eigenvalue weighted by Gasteiger charge is 2.25. The van der Waals surface area contributed by atoms with Crippen molar-refractivity contribution in [1.82, 2.24) is 0 Å². The van der Waals surface area contributed by atoms with E-state index in [1.807, 2.05) is 0 Å². The molecule has 0 saturated heterocycles. The first-order valence-electron chi connectivity index (χ1n) is 4.92. The summed E-state index contributed by atoms with van der Waals surface area (Å²) < 4.78 is 0.313. The van der Waals surface area contributed by atoms with Crippen molar-refractivity contribution in [3.63, 3.8) is 0 Å². The molecule has 1 heteroatoms. The minimum atomic E-state index is 0.313. The van der Waals surface area contributed by atoms with Crippen LogP contribution in [0.3, 0.4) is 0 Å². The van der Waals surface area contributed by atoms with Gasteiger partial charge in [0, 0.05) is 4.75 Å². The second-order valence-electron chi connectivity index (χ2n) is 4.12. The molecule has 0 atom stereocenters. The van der Waals surface area contributed by atoms with E-state index in [0.717, 1.165) is 0 Å². The highest BCUT2D eigenvalue weighted by Crippen LogP contribution is 2.40. The van der Waals surface area contributed by atoms with E-state index in [1.54, 1.807) is 5.56 Å². The number of aryl methyl sites for hydroxylation is 1. The molecule has 0 nitrogen and oxygen atoms in total. The van der Waals surface area contributed by atoms with Gasteiger partial charge in [-0.1, -0.05) is 24.3 Å². The van der Waals surface area contributed by atoms with Crippen molar-refractivity contribution in [3.05, 3.63) is 35.4 Å². The summed E-state index contributed by atoms with van der Waals surface area (Å²) in [6.45, 7) is 4.67. The third kappa shape index (κ3) is 1.76.